The van der Waals surface area contributed by atoms with Crippen LogP contribution in [0.4, 0.5) is 0 Å². The summed E-state index contributed by atoms with van der Waals surface area (Å²) in [5, 5.41) is 28.1. The van der Waals surface area contributed by atoms with Crippen molar-refractivity contribution in [3.05, 3.63) is 100 Å². The average molecular weight is 541 g/mol. The maximum Gasteiger partial charge on any atom is 0.248 e. The number of nitrogens with one attached hydrogen (secondary N) is 3. The summed E-state index contributed by atoms with van der Waals surface area (Å²) in [7, 11) is 0. The van der Waals surface area contributed by atoms with Gasteiger partial charge in [0.15, 0.2) is 0 Å². The maximum absolute atomic E-state index is 12.6. The Morgan fingerprint density at radius 2 is 1.73 bits per heavy atom. The van der Waals surface area contributed by atoms with Crippen molar-refractivity contribution < 1.29 is 15.0 Å². The number of H-pyrrole nitrogens is 1. The van der Waals surface area contributed by atoms with Crippen molar-refractivity contribution in [3.63, 3.8) is 0 Å². The van der Waals surface area contributed by atoms with E-state index in [1.165, 1.54) is 12.1 Å². The van der Waals surface area contributed by atoms with Crippen LogP contribution in [0.15, 0.2) is 83.7 Å². The standard InChI is InChI=1S/C32H36N4O4/c37-28-12-10-26(27-11-13-31(40)35-32(27)28)29(38)21-33-24-14-17-36(18-15-24)19-16-30(39)34-20-23-8-4-5-9-25(23)22-6-2-1-3-7-22/h1-13,24,29,33,37-38H,14-21H2,(H,34,39)(H,35,40)/t29-/m1/s1. The first-order valence-electron chi connectivity index (χ1n) is 13.9. The third-order valence-electron chi connectivity index (χ3n) is 7.69. The Morgan fingerprint density at radius 1 is 0.975 bits per heavy atom. The number of hydrogen-bond donors (Lipinski definition) is 5. The second-order valence-corrected chi connectivity index (χ2v) is 10.4. The minimum Gasteiger partial charge on any atom is -0.506 e. The lowest BCUT2D eigenvalue weighted by Crippen LogP contribution is -2.44. The summed E-state index contributed by atoms with van der Waals surface area (Å²) in [6.45, 7) is 3.38. The molecule has 0 unspecified atom stereocenters. The first kappa shape index (κ1) is 27.6. The van der Waals surface area contributed by atoms with Gasteiger partial charge in [-0.15, -0.1) is 0 Å². The van der Waals surface area contributed by atoms with Crippen LogP contribution in [0.25, 0.3) is 22.0 Å². The van der Waals surface area contributed by atoms with Crippen LogP contribution in [0.5, 0.6) is 5.75 Å². The SMILES string of the molecule is O=C(CCN1CCC(NC[C@@H](O)c2ccc(O)c3[nH]c(=O)ccc23)CC1)NCc1ccccc1-c1ccccc1. The number of aromatic nitrogens is 1. The van der Waals surface area contributed by atoms with Crippen LogP contribution in [0.2, 0.25) is 0 Å². The average Bonchev–Trinajstić information content (AvgIpc) is 2.99. The number of carbonyl (C=O) groups excluding carboxylic acids is 1. The Balaban J connectivity index is 1.04. The molecule has 1 atom stereocenters. The molecule has 2 heterocycles. The topological polar surface area (TPSA) is 118 Å². The van der Waals surface area contributed by atoms with Crippen molar-refractivity contribution in [1.82, 2.24) is 20.5 Å². The highest BCUT2D eigenvalue weighted by atomic mass is 16.3. The fourth-order valence-corrected chi connectivity index (χ4v) is 5.41. The number of likely N-dealkylation sites (tertiary alicyclic amines) is 1. The van der Waals surface area contributed by atoms with Gasteiger partial charge in [-0.3, -0.25) is 9.59 Å². The number of hydrogen-bond acceptors (Lipinski definition) is 6. The summed E-state index contributed by atoms with van der Waals surface area (Å²) < 4.78 is 0. The molecule has 1 aromatic heterocycles. The molecule has 8 heteroatoms. The third kappa shape index (κ3) is 6.77. The third-order valence-corrected chi connectivity index (χ3v) is 7.69. The van der Waals surface area contributed by atoms with Gasteiger partial charge in [0.05, 0.1) is 11.6 Å². The number of amides is 1. The van der Waals surface area contributed by atoms with Crippen molar-refractivity contribution in [1.29, 1.82) is 0 Å². The van der Waals surface area contributed by atoms with Gasteiger partial charge in [-0.05, 0) is 60.3 Å². The number of rotatable bonds is 10. The van der Waals surface area contributed by atoms with E-state index in [4.69, 9.17) is 0 Å². The molecular weight excluding hydrogens is 504 g/mol. The predicted molar refractivity (Wildman–Crippen MR) is 157 cm³/mol. The highest BCUT2D eigenvalue weighted by molar-refractivity contribution is 5.87. The lowest BCUT2D eigenvalue weighted by molar-refractivity contribution is -0.121. The summed E-state index contributed by atoms with van der Waals surface area (Å²) >= 11 is 0. The minimum absolute atomic E-state index is 0.0188. The van der Waals surface area contributed by atoms with Gasteiger partial charge >= 0.3 is 0 Å². The van der Waals surface area contributed by atoms with Crippen molar-refractivity contribution in [2.24, 2.45) is 0 Å². The van der Waals surface area contributed by atoms with E-state index in [9.17, 15) is 19.8 Å². The van der Waals surface area contributed by atoms with E-state index in [1.54, 1.807) is 12.1 Å². The second kappa shape index (κ2) is 12.9. The van der Waals surface area contributed by atoms with Gasteiger partial charge < -0.3 is 30.7 Å². The fourth-order valence-electron chi connectivity index (χ4n) is 5.41. The molecule has 0 aliphatic carbocycles. The molecule has 5 rings (SSSR count). The predicted octanol–water partition coefficient (Wildman–Crippen LogP) is 3.69. The number of aliphatic hydroxyl groups excluding tert-OH is 1. The second-order valence-electron chi connectivity index (χ2n) is 10.4. The lowest BCUT2D eigenvalue weighted by atomic mass is 10.00. The molecule has 0 saturated carbocycles. The summed E-state index contributed by atoms with van der Waals surface area (Å²) in [6.07, 6.45) is 1.55. The van der Waals surface area contributed by atoms with E-state index in [0.29, 0.717) is 36.0 Å². The van der Waals surface area contributed by atoms with E-state index in [0.717, 1.165) is 49.2 Å². The van der Waals surface area contributed by atoms with Crippen LogP contribution < -0.4 is 16.2 Å². The van der Waals surface area contributed by atoms with Crippen molar-refractivity contribution in [2.75, 3.05) is 26.2 Å². The Labute approximate surface area is 233 Å². The molecule has 4 aromatic rings. The molecule has 1 amide bonds. The van der Waals surface area contributed by atoms with E-state index in [1.807, 2.05) is 30.3 Å². The van der Waals surface area contributed by atoms with Gasteiger partial charge in [0.1, 0.15) is 5.75 Å². The number of aliphatic hydroxyl groups is 1. The fraction of sp³-hybridized carbons (Fsp3) is 0.312. The first-order chi connectivity index (χ1) is 19.5. The molecule has 0 bridgehead atoms. The summed E-state index contributed by atoms with van der Waals surface area (Å²) in [6, 6.07) is 24.9. The molecule has 3 aromatic carbocycles. The molecule has 1 aliphatic heterocycles. The number of aromatic amines is 1. The van der Waals surface area contributed by atoms with Crippen molar-refractivity contribution >= 4 is 16.8 Å². The number of benzene rings is 3. The summed E-state index contributed by atoms with van der Waals surface area (Å²) in [5.74, 6) is 0.0309. The number of fused-ring (bicyclic) bond motifs is 1. The number of piperidine rings is 1. The molecule has 0 radical (unpaired) electrons. The zero-order valence-corrected chi connectivity index (χ0v) is 22.5. The van der Waals surface area contributed by atoms with E-state index in [-0.39, 0.29) is 23.3 Å². The molecule has 1 saturated heterocycles. The first-order valence-corrected chi connectivity index (χ1v) is 13.9. The number of phenols is 1. The lowest BCUT2D eigenvalue weighted by Gasteiger charge is -2.32. The monoisotopic (exact) mass is 540 g/mol. The number of nitrogens with zero attached hydrogens (tertiary/aromatic N) is 1. The molecule has 40 heavy (non-hydrogen) atoms. The van der Waals surface area contributed by atoms with Crippen molar-refractivity contribution in [3.8, 4) is 16.9 Å². The van der Waals surface area contributed by atoms with Crippen LogP contribution >= 0.6 is 0 Å². The Hall–Kier alpha value is -3.98. The van der Waals surface area contributed by atoms with Crippen LogP contribution in [0.3, 0.4) is 0 Å². The number of carbonyl (C=O) groups is 1. The zero-order valence-electron chi connectivity index (χ0n) is 22.5. The zero-order chi connectivity index (χ0) is 27.9. The highest BCUT2D eigenvalue weighted by Gasteiger charge is 2.21. The maximum atomic E-state index is 12.6. The minimum atomic E-state index is -0.775. The van der Waals surface area contributed by atoms with Crippen LogP contribution in [0, 0.1) is 0 Å². The normalized spacial score (nSPS) is 15.2. The Kier molecular flexibility index (Phi) is 8.91. The smallest absolute Gasteiger partial charge is 0.248 e. The summed E-state index contributed by atoms with van der Waals surface area (Å²) in [4.78, 5) is 29.2. The van der Waals surface area contributed by atoms with E-state index >= 15 is 0 Å². The summed E-state index contributed by atoms with van der Waals surface area (Å²) in [5.41, 5.74) is 4.07. The number of pyridine rings is 1. The Bertz CT molecular complexity index is 1500. The molecule has 8 nitrogen and oxygen atoms in total. The van der Waals surface area contributed by atoms with Crippen LogP contribution in [-0.4, -0.2) is 58.2 Å². The molecule has 5 N–H and O–H groups in total. The van der Waals surface area contributed by atoms with Crippen LogP contribution in [0.1, 0.15) is 36.5 Å². The number of aromatic hydroxyl groups is 1. The molecule has 208 valence electrons. The Morgan fingerprint density at radius 3 is 2.52 bits per heavy atom. The largest absolute Gasteiger partial charge is 0.506 e. The molecule has 1 aliphatic rings. The van der Waals surface area contributed by atoms with Gasteiger partial charge in [-0.2, -0.15) is 0 Å². The molecular formula is C32H36N4O4. The van der Waals surface area contributed by atoms with Gasteiger partial charge in [-0.1, -0.05) is 60.7 Å². The molecule has 0 spiro atoms. The van der Waals surface area contributed by atoms with Crippen LogP contribution in [-0.2, 0) is 11.3 Å². The van der Waals surface area contributed by atoms with Gasteiger partial charge in [0.25, 0.3) is 0 Å². The van der Waals surface area contributed by atoms with Gasteiger partial charge in [-0.25, -0.2) is 0 Å². The molecule has 1 fully saturated rings. The van der Waals surface area contributed by atoms with Gasteiger partial charge in [0, 0.05) is 43.5 Å². The highest BCUT2D eigenvalue weighted by Crippen LogP contribution is 2.29. The van der Waals surface area contributed by atoms with Crippen molar-refractivity contribution in [2.45, 2.75) is 38.0 Å². The van der Waals surface area contributed by atoms with E-state index < -0.39 is 6.10 Å². The van der Waals surface area contributed by atoms with Gasteiger partial charge in [0.2, 0.25) is 11.5 Å². The quantitative estimate of drug-likeness (QED) is 0.209. The van der Waals surface area contributed by atoms with E-state index in [2.05, 4.69) is 44.8 Å². The number of phenolic OH excluding ortho intramolecular Hbond substituents is 1.